The van der Waals surface area contributed by atoms with Gasteiger partial charge in [0.05, 0.1) is 17.3 Å². The van der Waals surface area contributed by atoms with Gasteiger partial charge >= 0.3 is 11.9 Å². The molecule has 0 aromatic heterocycles. The number of nitrogens with one attached hydrogen (secondary N) is 2. The Morgan fingerprint density at radius 2 is 1.36 bits per heavy atom. The number of hydrazone groups is 1. The molecule has 0 unspecified atom stereocenters. The van der Waals surface area contributed by atoms with Crippen molar-refractivity contribution in [2.75, 3.05) is 5.32 Å². The Hall–Kier alpha value is -4.31. The number of benzene rings is 4. The first-order chi connectivity index (χ1) is 18.8. The molecule has 11 heteroatoms. The highest BCUT2D eigenvalue weighted by molar-refractivity contribution is 7.80. The van der Waals surface area contributed by atoms with Gasteiger partial charge in [0.15, 0.2) is 5.11 Å². The van der Waals surface area contributed by atoms with E-state index in [1.54, 1.807) is 30.3 Å². The zero-order valence-electron chi connectivity index (χ0n) is 19.9. The Morgan fingerprint density at radius 1 is 0.795 bits per heavy atom. The van der Waals surface area contributed by atoms with Gasteiger partial charge < -0.3 is 14.8 Å². The number of nitrogens with zero attached hydrogens (tertiary/aromatic N) is 1. The fourth-order valence-corrected chi connectivity index (χ4v) is 3.55. The van der Waals surface area contributed by atoms with Gasteiger partial charge in [-0.05, 0) is 97.1 Å². The monoisotopic (exact) mass is 581 g/mol. The van der Waals surface area contributed by atoms with E-state index >= 15 is 0 Å². The minimum atomic E-state index is -0.663. The van der Waals surface area contributed by atoms with Gasteiger partial charge in [0, 0.05) is 27.4 Å². The Bertz CT molecular complexity index is 1530. The highest BCUT2D eigenvalue weighted by Gasteiger charge is 2.15. The summed E-state index contributed by atoms with van der Waals surface area (Å²) in [5.74, 6) is -1.46. The van der Waals surface area contributed by atoms with E-state index in [0.717, 1.165) is 0 Å². The number of carbonyl (C=O) groups is 2. The summed E-state index contributed by atoms with van der Waals surface area (Å²) in [6, 6.07) is 22.4. The maximum atomic E-state index is 13.1. The zero-order chi connectivity index (χ0) is 27.8. The van der Waals surface area contributed by atoms with Crippen molar-refractivity contribution in [2.24, 2.45) is 5.10 Å². The first kappa shape index (κ1) is 27.7. The summed E-state index contributed by atoms with van der Waals surface area (Å²) in [5, 5.41) is 8.02. The van der Waals surface area contributed by atoms with E-state index in [1.165, 1.54) is 66.9 Å². The second kappa shape index (κ2) is 13.0. The minimum absolute atomic E-state index is 0.0688. The summed E-state index contributed by atoms with van der Waals surface area (Å²) in [5.41, 5.74) is 4.12. The number of hydrogen-bond donors (Lipinski definition) is 2. The van der Waals surface area contributed by atoms with Crippen LogP contribution in [0.4, 0.5) is 10.1 Å². The fraction of sp³-hybridized carbons (Fsp3) is 0. The Morgan fingerprint density at radius 3 is 1.95 bits per heavy atom. The molecule has 196 valence electrons. The van der Waals surface area contributed by atoms with Crippen LogP contribution in [0.3, 0.4) is 0 Å². The maximum absolute atomic E-state index is 13.1. The zero-order valence-corrected chi connectivity index (χ0v) is 22.2. The van der Waals surface area contributed by atoms with Gasteiger partial charge in [-0.15, -0.1) is 0 Å². The number of rotatable bonds is 7. The molecule has 0 aliphatic heterocycles. The molecule has 7 nitrogen and oxygen atoms in total. The van der Waals surface area contributed by atoms with Crippen molar-refractivity contribution in [3.8, 4) is 11.5 Å². The highest BCUT2D eigenvalue weighted by atomic mass is 35.5. The quantitative estimate of drug-likeness (QED) is 0.0807. The second-order valence-electron chi connectivity index (χ2n) is 7.82. The molecule has 0 saturated heterocycles. The molecule has 0 aliphatic rings. The van der Waals surface area contributed by atoms with Crippen molar-refractivity contribution >= 4 is 64.4 Å². The third-order valence-corrected chi connectivity index (χ3v) is 5.73. The lowest BCUT2D eigenvalue weighted by molar-refractivity contribution is 0.0732. The van der Waals surface area contributed by atoms with Crippen LogP contribution in [-0.4, -0.2) is 23.3 Å². The van der Waals surface area contributed by atoms with E-state index < -0.39 is 11.9 Å². The van der Waals surface area contributed by atoms with E-state index in [-0.39, 0.29) is 33.6 Å². The third-order valence-electron chi connectivity index (χ3n) is 5.03. The number of anilines is 1. The average molecular weight is 582 g/mol. The van der Waals surface area contributed by atoms with Gasteiger partial charge in [-0.25, -0.2) is 14.0 Å². The largest absolute Gasteiger partial charge is 0.423 e. The van der Waals surface area contributed by atoms with Crippen molar-refractivity contribution in [1.82, 2.24) is 5.43 Å². The lowest BCUT2D eigenvalue weighted by atomic mass is 10.2. The Labute approximate surface area is 238 Å². The van der Waals surface area contributed by atoms with E-state index in [9.17, 15) is 14.0 Å². The molecule has 0 bridgehead atoms. The normalized spacial score (nSPS) is 10.6. The van der Waals surface area contributed by atoms with Gasteiger partial charge in [0.25, 0.3) is 0 Å². The van der Waals surface area contributed by atoms with Crippen LogP contribution < -0.4 is 20.2 Å². The smallest absolute Gasteiger partial charge is 0.343 e. The molecule has 0 amide bonds. The number of carbonyl (C=O) groups excluding carboxylic acids is 2. The van der Waals surface area contributed by atoms with Crippen LogP contribution >= 0.6 is 35.4 Å². The lowest BCUT2D eigenvalue weighted by Crippen LogP contribution is -2.23. The molecule has 0 heterocycles. The number of esters is 2. The van der Waals surface area contributed by atoms with Crippen molar-refractivity contribution in [2.45, 2.75) is 0 Å². The molecule has 0 spiro atoms. The van der Waals surface area contributed by atoms with Gasteiger partial charge in [-0.2, -0.15) is 5.10 Å². The Kier molecular flexibility index (Phi) is 9.22. The fourth-order valence-electron chi connectivity index (χ4n) is 3.12. The summed E-state index contributed by atoms with van der Waals surface area (Å²) < 4.78 is 24.1. The predicted molar refractivity (Wildman–Crippen MR) is 153 cm³/mol. The van der Waals surface area contributed by atoms with Crippen LogP contribution in [0.25, 0.3) is 0 Å². The van der Waals surface area contributed by atoms with Crippen LogP contribution in [0.15, 0.2) is 96.1 Å². The Balaban J connectivity index is 1.52. The summed E-state index contributed by atoms with van der Waals surface area (Å²) in [7, 11) is 0. The first-order valence-corrected chi connectivity index (χ1v) is 12.4. The number of halogens is 3. The van der Waals surface area contributed by atoms with Crippen molar-refractivity contribution in [1.29, 1.82) is 0 Å². The number of ether oxygens (including phenoxy) is 2. The van der Waals surface area contributed by atoms with Crippen LogP contribution in [0.1, 0.15) is 26.3 Å². The van der Waals surface area contributed by atoms with Crippen LogP contribution in [0.2, 0.25) is 10.0 Å². The molecule has 39 heavy (non-hydrogen) atoms. The highest BCUT2D eigenvalue weighted by Crippen LogP contribution is 2.26. The van der Waals surface area contributed by atoms with Crippen molar-refractivity contribution < 1.29 is 23.5 Å². The molecule has 0 radical (unpaired) electrons. The standard InChI is InChI=1S/C28H18Cl2FN3O4S/c29-20-6-1-17(2-7-20)26(35)37-24-14-5-19(16-32-34-28(39)33-23-12-10-22(31)11-13-23)25(15-24)38-27(36)18-3-8-21(30)9-4-18/h1-16H,(H2,33,34,39). The minimum Gasteiger partial charge on any atom is -0.423 e. The van der Waals surface area contributed by atoms with E-state index in [4.69, 9.17) is 44.9 Å². The molecule has 0 aliphatic carbocycles. The molecule has 4 aromatic carbocycles. The van der Waals surface area contributed by atoms with Crippen molar-refractivity contribution in [3.63, 3.8) is 0 Å². The van der Waals surface area contributed by atoms with E-state index in [2.05, 4.69) is 15.8 Å². The maximum Gasteiger partial charge on any atom is 0.343 e. The molecule has 4 aromatic rings. The lowest BCUT2D eigenvalue weighted by Gasteiger charge is -2.11. The molecule has 0 saturated carbocycles. The number of thiocarbonyl (C=S) groups is 1. The van der Waals surface area contributed by atoms with Crippen LogP contribution in [0.5, 0.6) is 11.5 Å². The van der Waals surface area contributed by atoms with Gasteiger partial charge in [0.2, 0.25) is 0 Å². The number of hydrogen-bond acceptors (Lipinski definition) is 6. The van der Waals surface area contributed by atoms with E-state index in [0.29, 0.717) is 21.3 Å². The van der Waals surface area contributed by atoms with Gasteiger partial charge in [0.1, 0.15) is 17.3 Å². The summed E-state index contributed by atoms with van der Waals surface area (Å²) in [6.45, 7) is 0. The molecule has 2 N–H and O–H groups in total. The first-order valence-electron chi connectivity index (χ1n) is 11.2. The molecule has 0 fully saturated rings. The molecule has 0 atom stereocenters. The predicted octanol–water partition coefficient (Wildman–Crippen LogP) is 6.89. The summed E-state index contributed by atoms with van der Waals surface area (Å²) in [6.07, 6.45) is 1.37. The molecular formula is C28H18Cl2FN3O4S. The third kappa shape index (κ3) is 8.08. The average Bonchev–Trinajstić information content (AvgIpc) is 2.92. The second-order valence-corrected chi connectivity index (χ2v) is 9.10. The van der Waals surface area contributed by atoms with Gasteiger partial charge in [-0.3, -0.25) is 5.43 Å². The SMILES string of the molecule is O=C(Oc1ccc(C=NNC(=S)Nc2ccc(F)cc2)c(OC(=O)c2ccc(Cl)cc2)c1)c1ccc(Cl)cc1. The van der Waals surface area contributed by atoms with Crippen LogP contribution in [-0.2, 0) is 0 Å². The summed E-state index contributed by atoms with van der Waals surface area (Å²) >= 11 is 17.0. The van der Waals surface area contributed by atoms with Crippen molar-refractivity contribution in [3.05, 3.63) is 124 Å². The molecule has 4 rings (SSSR count). The molecular weight excluding hydrogens is 564 g/mol. The van der Waals surface area contributed by atoms with Gasteiger partial charge in [-0.1, -0.05) is 23.2 Å². The van der Waals surface area contributed by atoms with E-state index in [1.807, 2.05) is 0 Å². The topological polar surface area (TPSA) is 89.0 Å². The summed E-state index contributed by atoms with van der Waals surface area (Å²) in [4.78, 5) is 25.3. The van der Waals surface area contributed by atoms with Crippen LogP contribution in [0, 0.1) is 5.82 Å².